The van der Waals surface area contributed by atoms with Gasteiger partial charge in [-0.2, -0.15) is 10.1 Å². The number of aryl methyl sites for hydroxylation is 1. The first kappa shape index (κ1) is 15.7. The molecule has 0 amide bonds. The van der Waals surface area contributed by atoms with E-state index in [2.05, 4.69) is 68.7 Å². The minimum absolute atomic E-state index is 0.506. The van der Waals surface area contributed by atoms with Crippen molar-refractivity contribution in [3.63, 3.8) is 0 Å². The largest absolute Gasteiger partial charge is 0.372 e. The Morgan fingerprint density at radius 3 is 2.64 bits per heavy atom. The monoisotopic (exact) mass is 338 g/mol. The van der Waals surface area contributed by atoms with Gasteiger partial charge in [0, 0.05) is 37.9 Å². The maximum absolute atomic E-state index is 5.51. The van der Waals surface area contributed by atoms with Crippen LogP contribution in [0.2, 0.25) is 0 Å². The van der Waals surface area contributed by atoms with Gasteiger partial charge in [-0.3, -0.25) is 5.10 Å². The van der Waals surface area contributed by atoms with Crippen LogP contribution in [0.4, 0.5) is 0 Å². The van der Waals surface area contributed by atoms with Gasteiger partial charge in [0.1, 0.15) is 5.69 Å². The number of hydrogen-bond acceptors (Lipinski definition) is 6. The summed E-state index contributed by atoms with van der Waals surface area (Å²) >= 11 is 0. The van der Waals surface area contributed by atoms with Crippen molar-refractivity contribution < 1.29 is 4.84 Å². The normalized spacial score (nSPS) is 19.7. The first-order valence-corrected chi connectivity index (χ1v) is 8.46. The lowest BCUT2D eigenvalue weighted by atomic mass is 10.1. The predicted octanol–water partition coefficient (Wildman–Crippen LogP) is 1.71. The van der Waals surface area contributed by atoms with Gasteiger partial charge in [0.2, 0.25) is 0 Å². The molecule has 2 aliphatic rings. The second-order valence-corrected chi connectivity index (χ2v) is 6.51. The zero-order valence-electron chi connectivity index (χ0n) is 14.5. The summed E-state index contributed by atoms with van der Waals surface area (Å²) in [5.41, 5.74) is 6.79. The molecule has 0 saturated carbocycles. The second-order valence-electron chi connectivity index (χ2n) is 6.51. The lowest BCUT2D eigenvalue weighted by molar-refractivity contribution is 0.191. The number of benzene rings is 1. The topological polar surface area (TPSA) is 68.8 Å². The molecule has 130 valence electrons. The van der Waals surface area contributed by atoms with Gasteiger partial charge in [0.15, 0.2) is 5.82 Å². The lowest BCUT2D eigenvalue weighted by Crippen LogP contribution is -2.42. The molecule has 3 heterocycles. The Morgan fingerprint density at radius 2 is 1.88 bits per heavy atom. The first-order chi connectivity index (χ1) is 12.2. The number of nitrogens with one attached hydrogen (secondary N) is 2. The smallest absolute Gasteiger partial charge is 0.273 e. The highest BCUT2D eigenvalue weighted by molar-refractivity contribution is 5.94. The first-order valence-electron chi connectivity index (χ1n) is 8.46. The molecule has 0 radical (unpaired) electrons. The number of hydrogen-bond donors (Lipinski definition) is 2. The van der Waals surface area contributed by atoms with Gasteiger partial charge in [-0.25, -0.2) is 5.48 Å². The lowest BCUT2D eigenvalue weighted by Gasteiger charge is -2.31. The number of aromatic nitrogens is 2. The van der Waals surface area contributed by atoms with E-state index in [1.807, 2.05) is 12.3 Å². The third kappa shape index (κ3) is 3.51. The molecule has 1 fully saturated rings. The van der Waals surface area contributed by atoms with Crippen LogP contribution in [0.25, 0.3) is 11.3 Å². The van der Waals surface area contributed by atoms with Crippen molar-refractivity contribution in [2.24, 2.45) is 4.99 Å². The minimum Gasteiger partial charge on any atom is -0.372 e. The highest BCUT2D eigenvalue weighted by Gasteiger charge is 2.19. The summed E-state index contributed by atoms with van der Waals surface area (Å²) in [6.07, 6.45) is 2.01. The van der Waals surface area contributed by atoms with E-state index in [-0.39, 0.29) is 0 Å². The molecular formula is C18H22N6O. The number of nitrogens with zero attached hydrogens (tertiary/aromatic N) is 4. The molecule has 1 aromatic heterocycles. The van der Waals surface area contributed by atoms with Gasteiger partial charge in [-0.05, 0) is 20.0 Å². The summed E-state index contributed by atoms with van der Waals surface area (Å²) in [7, 11) is 2.14. The molecule has 0 unspecified atom stereocenters. The van der Waals surface area contributed by atoms with E-state index < -0.39 is 0 Å². The van der Waals surface area contributed by atoms with Crippen molar-refractivity contribution in [3.8, 4) is 11.3 Å². The highest BCUT2D eigenvalue weighted by Crippen LogP contribution is 2.20. The number of hydroxylamine groups is 1. The van der Waals surface area contributed by atoms with E-state index in [4.69, 9.17) is 4.84 Å². The maximum Gasteiger partial charge on any atom is 0.273 e. The Kier molecular flexibility index (Phi) is 4.15. The van der Waals surface area contributed by atoms with E-state index in [9.17, 15) is 0 Å². The third-order valence-electron chi connectivity index (χ3n) is 4.47. The molecule has 25 heavy (non-hydrogen) atoms. The van der Waals surface area contributed by atoms with Gasteiger partial charge >= 0.3 is 0 Å². The average Bonchev–Trinajstić information content (AvgIpc) is 3.27. The summed E-state index contributed by atoms with van der Waals surface area (Å²) in [4.78, 5) is 14.6. The zero-order valence-corrected chi connectivity index (χ0v) is 14.5. The molecule has 1 saturated heterocycles. The summed E-state index contributed by atoms with van der Waals surface area (Å²) in [6.45, 7) is 6.17. The van der Waals surface area contributed by atoms with Gasteiger partial charge < -0.3 is 14.6 Å². The van der Waals surface area contributed by atoms with E-state index in [1.165, 1.54) is 5.56 Å². The Bertz CT molecular complexity index is 799. The van der Waals surface area contributed by atoms with Crippen LogP contribution < -0.4 is 5.48 Å². The van der Waals surface area contributed by atoms with Crippen LogP contribution in [0, 0.1) is 6.92 Å². The quantitative estimate of drug-likeness (QED) is 0.892. The van der Waals surface area contributed by atoms with Crippen molar-refractivity contribution in [2.45, 2.75) is 6.92 Å². The van der Waals surface area contributed by atoms with E-state index in [0.717, 1.165) is 43.1 Å². The summed E-state index contributed by atoms with van der Waals surface area (Å²) in [6, 6.07) is 10.2. The third-order valence-corrected chi connectivity index (χ3v) is 4.47. The van der Waals surface area contributed by atoms with Gasteiger partial charge in [-0.1, -0.05) is 29.8 Å². The van der Waals surface area contributed by atoms with Crippen LogP contribution in [0.5, 0.6) is 0 Å². The zero-order chi connectivity index (χ0) is 17.2. The van der Waals surface area contributed by atoms with Crippen LogP contribution in [0.15, 0.2) is 47.3 Å². The van der Waals surface area contributed by atoms with Gasteiger partial charge in [0.05, 0.1) is 5.69 Å². The molecule has 0 spiro atoms. The van der Waals surface area contributed by atoms with Crippen LogP contribution >= 0.6 is 0 Å². The molecule has 0 bridgehead atoms. The Hall–Kier alpha value is -2.80. The number of likely N-dealkylation sites (N-methyl/N-ethyl adjacent to an activating group) is 1. The van der Waals surface area contributed by atoms with Crippen molar-refractivity contribution in [1.29, 1.82) is 0 Å². The molecule has 2 aliphatic heterocycles. The molecule has 2 aromatic rings. The Morgan fingerprint density at radius 1 is 1.12 bits per heavy atom. The predicted molar refractivity (Wildman–Crippen MR) is 96.7 cm³/mol. The minimum atomic E-state index is 0.506. The molecule has 4 rings (SSSR count). The number of H-pyrrole nitrogens is 1. The van der Waals surface area contributed by atoms with Crippen molar-refractivity contribution in [2.75, 3.05) is 33.2 Å². The van der Waals surface area contributed by atoms with Crippen LogP contribution in [0.1, 0.15) is 11.3 Å². The van der Waals surface area contributed by atoms with Crippen LogP contribution in [0.3, 0.4) is 0 Å². The number of piperazine rings is 1. The second kappa shape index (κ2) is 6.60. The number of rotatable bonds is 3. The molecular weight excluding hydrogens is 316 g/mol. The van der Waals surface area contributed by atoms with Crippen molar-refractivity contribution in [3.05, 3.63) is 53.6 Å². The van der Waals surface area contributed by atoms with E-state index in [0.29, 0.717) is 11.7 Å². The number of aliphatic imine (C=N–C) groups is 1. The van der Waals surface area contributed by atoms with Crippen LogP contribution in [-0.4, -0.2) is 59.1 Å². The van der Waals surface area contributed by atoms with E-state index >= 15 is 0 Å². The number of aromatic amines is 1. The van der Waals surface area contributed by atoms with Crippen molar-refractivity contribution in [1.82, 2.24) is 25.5 Å². The fourth-order valence-corrected chi connectivity index (χ4v) is 2.85. The van der Waals surface area contributed by atoms with Crippen molar-refractivity contribution >= 4 is 5.90 Å². The highest BCUT2D eigenvalue weighted by atomic mass is 16.7. The Labute approximate surface area is 147 Å². The van der Waals surface area contributed by atoms with Gasteiger partial charge in [-0.15, -0.1) is 0 Å². The van der Waals surface area contributed by atoms with Gasteiger partial charge in [0.25, 0.3) is 5.90 Å². The Balaban J connectivity index is 1.48. The molecule has 7 heteroatoms. The van der Waals surface area contributed by atoms with E-state index in [1.54, 1.807) is 0 Å². The molecule has 1 aromatic carbocycles. The molecule has 7 nitrogen and oxygen atoms in total. The SMILES string of the molecule is Cc1ccc(-c2cc(C3=NC(=CN4CCN(C)CC4)NO3)[nH]n2)cc1. The molecule has 2 N–H and O–H groups in total. The summed E-state index contributed by atoms with van der Waals surface area (Å²) < 4.78 is 0. The molecule has 0 atom stereocenters. The fraction of sp³-hybridized carbons (Fsp3) is 0.333. The standard InChI is InChI=1S/C18H22N6O/c1-13-3-5-14(6-4-13)15-11-16(21-20-15)18-19-17(22-25-18)12-24-9-7-23(2)8-10-24/h3-6,11-12,22H,7-10H2,1-2H3,(H,20,21). The average molecular weight is 338 g/mol. The fourth-order valence-electron chi connectivity index (χ4n) is 2.85. The summed E-state index contributed by atoms with van der Waals surface area (Å²) in [5, 5.41) is 7.36. The van der Waals surface area contributed by atoms with Crippen LogP contribution in [-0.2, 0) is 4.84 Å². The maximum atomic E-state index is 5.51. The summed E-state index contributed by atoms with van der Waals surface area (Å²) in [5.74, 6) is 1.22. The molecule has 0 aliphatic carbocycles.